The lowest BCUT2D eigenvalue weighted by Gasteiger charge is -2.14. The third-order valence-electron chi connectivity index (χ3n) is 3.46. The first-order valence-electron chi connectivity index (χ1n) is 7.49. The minimum Gasteiger partial charge on any atom is -0.366 e. The van der Waals surface area contributed by atoms with Gasteiger partial charge in [-0.05, 0) is 32.0 Å². The highest BCUT2D eigenvalue weighted by atomic mass is 32.2. The number of anilines is 1. The third kappa shape index (κ3) is 3.43. The van der Waals surface area contributed by atoms with E-state index in [2.05, 4.69) is 20.4 Å². The van der Waals surface area contributed by atoms with Crippen LogP contribution >= 0.6 is 0 Å². The number of aryl methyl sites for hydroxylation is 1. The Morgan fingerprint density at radius 3 is 2.88 bits per heavy atom. The molecule has 0 bridgehead atoms. The Morgan fingerprint density at radius 2 is 2.17 bits per heavy atom. The average molecular weight is 347 g/mol. The van der Waals surface area contributed by atoms with Crippen LogP contribution in [0.3, 0.4) is 0 Å². The molecule has 1 N–H and O–H groups in total. The fourth-order valence-corrected chi connectivity index (χ4v) is 3.34. The maximum Gasteiger partial charge on any atom is 0.168 e. The molecule has 0 aliphatic rings. The molecule has 2 aromatic heterocycles. The van der Waals surface area contributed by atoms with E-state index in [-0.39, 0.29) is 11.9 Å². The molecule has 2 unspecified atom stereocenters. The largest absolute Gasteiger partial charge is 0.366 e. The lowest BCUT2D eigenvalue weighted by molar-refractivity contribution is 0.625. The molecule has 24 heavy (non-hydrogen) atoms. The van der Waals surface area contributed by atoms with E-state index in [1.165, 1.54) is 12.1 Å². The van der Waals surface area contributed by atoms with Crippen molar-refractivity contribution >= 4 is 27.7 Å². The van der Waals surface area contributed by atoms with Gasteiger partial charge in [0.25, 0.3) is 0 Å². The molecular formula is C16H18FN5OS. The number of nitrogens with one attached hydrogen (secondary N) is 1. The molecule has 3 rings (SSSR count). The molecule has 0 aliphatic carbocycles. The molecule has 0 saturated carbocycles. The Morgan fingerprint density at radius 1 is 1.38 bits per heavy atom. The molecule has 3 aromatic rings. The van der Waals surface area contributed by atoms with E-state index in [1.807, 2.05) is 6.92 Å². The zero-order valence-corrected chi connectivity index (χ0v) is 14.5. The van der Waals surface area contributed by atoms with Crippen LogP contribution in [0.25, 0.3) is 16.7 Å². The SMILES string of the molecule is Cc1nc(NC(C)CS(C)=O)c2cnn(-c3cccc(F)c3)c2n1. The molecular weight excluding hydrogens is 329 g/mol. The van der Waals surface area contributed by atoms with Crippen molar-refractivity contribution in [2.75, 3.05) is 17.3 Å². The average Bonchev–Trinajstić information content (AvgIpc) is 2.90. The molecule has 0 amide bonds. The summed E-state index contributed by atoms with van der Waals surface area (Å²) in [4.78, 5) is 8.86. The van der Waals surface area contributed by atoms with Crippen molar-refractivity contribution in [2.24, 2.45) is 0 Å². The van der Waals surface area contributed by atoms with Gasteiger partial charge in [-0.1, -0.05) is 6.07 Å². The van der Waals surface area contributed by atoms with E-state index in [0.29, 0.717) is 28.7 Å². The van der Waals surface area contributed by atoms with Crippen molar-refractivity contribution in [1.29, 1.82) is 0 Å². The Balaban J connectivity index is 2.05. The van der Waals surface area contributed by atoms with Crippen LogP contribution in [-0.2, 0) is 10.8 Å². The summed E-state index contributed by atoms with van der Waals surface area (Å²) in [6.45, 7) is 3.73. The van der Waals surface area contributed by atoms with Crippen molar-refractivity contribution < 1.29 is 8.60 Å². The van der Waals surface area contributed by atoms with E-state index in [9.17, 15) is 8.60 Å². The zero-order chi connectivity index (χ0) is 17.3. The Bertz CT molecular complexity index is 911. The lowest BCUT2D eigenvalue weighted by Crippen LogP contribution is -2.23. The van der Waals surface area contributed by atoms with E-state index < -0.39 is 10.8 Å². The van der Waals surface area contributed by atoms with Gasteiger partial charge in [-0.25, -0.2) is 19.0 Å². The molecule has 0 radical (unpaired) electrons. The van der Waals surface area contributed by atoms with Gasteiger partial charge in [0.05, 0.1) is 17.3 Å². The van der Waals surface area contributed by atoms with Crippen LogP contribution in [0.15, 0.2) is 30.5 Å². The van der Waals surface area contributed by atoms with Crippen molar-refractivity contribution in [2.45, 2.75) is 19.9 Å². The van der Waals surface area contributed by atoms with Crippen LogP contribution in [0, 0.1) is 12.7 Å². The number of fused-ring (bicyclic) bond motifs is 1. The molecule has 0 fully saturated rings. The number of hydrogen-bond acceptors (Lipinski definition) is 5. The Hall–Kier alpha value is -2.35. The Labute approximate surface area is 141 Å². The predicted octanol–water partition coefficient (Wildman–Crippen LogP) is 2.44. The maximum atomic E-state index is 13.5. The predicted molar refractivity (Wildman–Crippen MR) is 93.4 cm³/mol. The highest BCUT2D eigenvalue weighted by Gasteiger charge is 2.15. The number of nitrogens with zero attached hydrogens (tertiary/aromatic N) is 4. The van der Waals surface area contributed by atoms with Gasteiger partial charge in [0.15, 0.2) is 5.65 Å². The second kappa shape index (κ2) is 6.64. The van der Waals surface area contributed by atoms with Gasteiger partial charge in [-0.3, -0.25) is 4.21 Å². The van der Waals surface area contributed by atoms with E-state index >= 15 is 0 Å². The van der Waals surface area contributed by atoms with Crippen molar-refractivity contribution in [3.8, 4) is 5.69 Å². The van der Waals surface area contributed by atoms with Crippen LogP contribution in [-0.4, -0.2) is 42.0 Å². The molecule has 0 spiro atoms. The highest BCUT2D eigenvalue weighted by Crippen LogP contribution is 2.23. The molecule has 0 saturated heterocycles. The van der Waals surface area contributed by atoms with Gasteiger partial charge in [-0.2, -0.15) is 5.10 Å². The molecule has 2 atom stereocenters. The molecule has 2 heterocycles. The summed E-state index contributed by atoms with van der Waals surface area (Å²) in [5.41, 5.74) is 1.19. The van der Waals surface area contributed by atoms with Crippen molar-refractivity contribution in [3.05, 3.63) is 42.1 Å². The molecule has 0 aliphatic heterocycles. The lowest BCUT2D eigenvalue weighted by atomic mass is 10.3. The van der Waals surface area contributed by atoms with Crippen LogP contribution in [0.2, 0.25) is 0 Å². The molecule has 6 nitrogen and oxygen atoms in total. The topological polar surface area (TPSA) is 72.7 Å². The standard InChI is InChI=1S/C16H18FN5OS/c1-10(9-24(3)23)19-15-14-8-18-22(16(14)21-11(2)20-15)13-6-4-5-12(17)7-13/h4-8,10H,9H2,1-3H3,(H,19,20,21). The quantitative estimate of drug-likeness (QED) is 0.767. The first kappa shape index (κ1) is 16.5. The van der Waals surface area contributed by atoms with Crippen LogP contribution in [0.1, 0.15) is 12.7 Å². The monoisotopic (exact) mass is 347 g/mol. The first-order chi connectivity index (χ1) is 11.4. The number of halogens is 1. The number of rotatable bonds is 5. The van der Waals surface area contributed by atoms with Gasteiger partial charge < -0.3 is 5.32 Å². The zero-order valence-electron chi connectivity index (χ0n) is 13.7. The maximum absolute atomic E-state index is 13.5. The first-order valence-corrected chi connectivity index (χ1v) is 9.21. The normalized spacial score (nSPS) is 13.8. The number of benzene rings is 1. The van der Waals surface area contributed by atoms with Crippen LogP contribution in [0.5, 0.6) is 0 Å². The number of aromatic nitrogens is 4. The molecule has 1 aromatic carbocycles. The number of hydrogen-bond donors (Lipinski definition) is 1. The fourth-order valence-electron chi connectivity index (χ4n) is 2.55. The van der Waals surface area contributed by atoms with E-state index in [4.69, 9.17) is 0 Å². The summed E-state index contributed by atoms with van der Waals surface area (Å²) in [6.07, 6.45) is 3.32. The third-order valence-corrected chi connectivity index (χ3v) is 4.43. The van der Waals surface area contributed by atoms with Crippen molar-refractivity contribution in [1.82, 2.24) is 19.7 Å². The van der Waals surface area contributed by atoms with Gasteiger partial charge in [0.1, 0.15) is 17.5 Å². The van der Waals surface area contributed by atoms with Crippen LogP contribution in [0.4, 0.5) is 10.2 Å². The van der Waals surface area contributed by atoms with Crippen LogP contribution < -0.4 is 5.32 Å². The summed E-state index contributed by atoms with van der Waals surface area (Å²) in [7, 11) is -0.904. The molecule has 8 heteroatoms. The van der Waals surface area contributed by atoms with Gasteiger partial charge in [0, 0.05) is 28.9 Å². The smallest absolute Gasteiger partial charge is 0.168 e. The second-order valence-corrected chi connectivity index (χ2v) is 7.16. The minimum absolute atomic E-state index is 0.00847. The van der Waals surface area contributed by atoms with E-state index in [1.54, 1.807) is 36.2 Å². The van der Waals surface area contributed by atoms with Crippen molar-refractivity contribution in [3.63, 3.8) is 0 Å². The summed E-state index contributed by atoms with van der Waals surface area (Å²) in [5.74, 6) is 1.40. The van der Waals surface area contributed by atoms with Gasteiger partial charge in [0.2, 0.25) is 0 Å². The van der Waals surface area contributed by atoms with Gasteiger partial charge >= 0.3 is 0 Å². The molecule has 126 valence electrons. The summed E-state index contributed by atoms with van der Waals surface area (Å²) in [5, 5.41) is 8.32. The summed E-state index contributed by atoms with van der Waals surface area (Å²) >= 11 is 0. The summed E-state index contributed by atoms with van der Waals surface area (Å²) < 4.78 is 26.5. The van der Waals surface area contributed by atoms with E-state index in [0.717, 1.165) is 5.39 Å². The second-order valence-electron chi connectivity index (χ2n) is 5.68. The highest BCUT2D eigenvalue weighted by molar-refractivity contribution is 7.84. The Kier molecular flexibility index (Phi) is 4.57. The summed E-state index contributed by atoms with van der Waals surface area (Å²) in [6, 6.07) is 6.17. The minimum atomic E-state index is -0.904. The van der Waals surface area contributed by atoms with Gasteiger partial charge in [-0.15, -0.1) is 0 Å². The fraction of sp³-hybridized carbons (Fsp3) is 0.312.